The fourth-order valence-electron chi connectivity index (χ4n) is 1.52. The summed E-state index contributed by atoms with van der Waals surface area (Å²) in [4.78, 5) is -0.561. The number of sulfonamides is 1. The lowest BCUT2D eigenvalue weighted by Gasteiger charge is -2.34. The fourth-order valence-corrected chi connectivity index (χ4v) is 3.44. The van der Waals surface area contributed by atoms with Crippen molar-refractivity contribution < 1.29 is 17.9 Å². The molecule has 94 valence electrons. The number of hydrogen-bond donors (Lipinski definition) is 2. The fraction of sp³-hybridized carbons (Fsp3) is 0.333. The predicted molar refractivity (Wildman–Crippen MR) is 60.6 cm³/mol. The lowest BCUT2D eigenvalue weighted by atomic mass is 10.2. The molecule has 0 spiro atoms. The molecule has 3 N–H and O–H groups in total. The maximum absolute atomic E-state index is 13.6. The van der Waals surface area contributed by atoms with Crippen molar-refractivity contribution in [3.63, 3.8) is 0 Å². The van der Waals surface area contributed by atoms with Crippen molar-refractivity contribution in [3.05, 3.63) is 23.0 Å². The predicted octanol–water partition coefficient (Wildman–Crippen LogP) is 0.427. The standard InChI is InChI=1S/C9H10ClFN2O3S/c10-7-1-5(12)2-8(9(7)11)17(15,16)13-3-6(14)4-13/h1-2,6,14H,3-4,12H2. The average molecular weight is 281 g/mol. The highest BCUT2D eigenvalue weighted by Crippen LogP contribution is 2.29. The molecule has 1 aromatic rings. The normalized spacial score (nSPS) is 18.1. The van der Waals surface area contributed by atoms with E-state index in [2.05, 4.69) is 0 Å². The molecule has 1 heterocycles. The lowest BCUT2D eigenvalue weighted by Crippen LogP contribution is -2.53. The molecule has 0 saturated carbocycles. The van der Waals surface area contributed by atoms with Crippen molar-refractivity contribution in [2.75, 3.05) is 18.8 Å². The maximum Gasteiger partial charge on any atom is 0.246 e. The van der Waals surface area contributed by atoms with Gasteiger partial charge < -0.3 is 10.8 Å². The molecule has 0 aromatic heterocycles. The van der Waals surface area contributed by atoms with Crippen LogP contribution in [0, 0.1) is 5.82 Å². The molecule has 0 aliphatic carbocycles. The molecule has 1 aromatic carbocycles. The van der Waals surface area contributed by atoms with Gasteiger partial charge in [0.05, 0.1) is 11.1 Å². The summed E-state index contributed by atoms with van der Waals surface area (Å²) in [6.45, 7) is -0.0949. The summed E-state index contributed by atoms with van der Waals surface area (Å²) >= 11 is 5.53. The number of aliphatic hydroxyl groups is 1. The Bertz CT molecular complexity index is 558. The number of rotatable bonds is 2. The summed E-state index contributed by atoms with van der Waals surface area (Å²) < 4.78 is 38.5. The molecule has 1 fully saturated rings. The summed E-state index contributed by atoms with van der Waals surface area (Å²) in [5, 5.41) is 8.71. The third-order valence-electron chi connectivity index (χ3n) is 2.46. The Kier molecular flexibility index (Phi) is 3.03. The number of β-amino-alcohol motifs (C(OH)–C–C–N with tert-alkyl or cyclic N) is 1. The summed E-state index contributed by atoms with van der Waals surface area (Å²) in [5.41, 5.74) is 5.49. The van der Waals surface area contributed by atoms with E-state index >= 15 is 0 Å². The van der Waals surface area contributed by atoms with Gasteiger partial charge in [-0.2, -0.15) is 4.31 Å². The molecule has 0 atom stereocenters. The number of nitrogen functional groups attached to an aromatic ring is 1. The van der Waals surface area contributed by atoms with Crippen LogP contribution in [0.4, 0.5) is 10.1 Å². The van der Waals surface area contributed by atoms with Crippen LogP contribution in [-0.4, -0.2) is 37.0 Å². The van der Waals surface area contributed by atoms with Crippen LogP contribution in [0.15, 0.2) is 17.0 Å². The Morgan fingerprint density at radius 3 is 2.59 bits per heavy atom. The van der Waals surface area contributed by atoms with Gasteiger partial charge in [-0.3, -0.25) is 0 Å². The van der Waals surface area contributed by atoms with E-state index in [1.165, 1.54) is 0 Å². The summed E-state index contributed by atoms with van der Waals surface area (Å²) in [6, 6.07) is 2.15. The molecule has 0 bridgehead atoms. The second-order valence-electron chi connectivity index (χ2n) is 3.79. The zero-order chi connectivity index (χ0) is 12.8. The van der Waals surface area contributed by atoms with Gasteiger partial charge in [-0.15, -0.1) is 0 Å². The smallest absolute Gasteiger partial charge is 0.246 e. The van der Waals surface area contributed by atoms with Crippen LogP contribution in [0.3, 0.4) is 0 Å². The summed E-state index contributed by atoms with van der Waals surface area (Å²) in [7, 11) is -3.98. The van der Waals surface area contributed by atoms with Crippen molar-refractivity contribution in [1.29, 1.82) is 0 Å². The number of benzene rings is 1. The van der Waals surface area contributed by atoms with E-state index in [0.717, 1.165) is 16.4 Å². The van der Waals surface area contributed by atoms with Gasteiger partial charge in [-0.1, -0.05) is 11.6 Å². The van der Waals surface area contributed by atoms with E-state index in [0.29, 0.717) is 0 Å². The van der Waals surface area contributed by atoms with Crippen molar-refractivity contribution in [2.24, 2.45) is 0 Å². The van der Waals surface area contributed by atoms with E-state index in [1.807, 2.05) is 0 Å². The molecular weight excluding hydrogens is 271 g/mol. The Balaban J connectivity index is 2.47. The zero-order valence-corrected chi connectivity index (χ0v) is 10.2. The topological polar surface area (TPSA) is 83.6 Å². The molecule has 17 heavy (non-hydrogen) atoms. The highest BCUT2D eigenvalue weighted by atomic mass is 35.5. The molecular formula is C9H10ClFN2O3S. The van der Waals surface area contributed by atoms with Gasteiger partial charge in [0.15, 0.2) is 5.82 Å². The first-order valence-electron chi connectivity index (χ1n) is 4.75. The van der Waals surface area contributed by atoms with Gasteiger partial charge in [-0.05, 0) is 12.1 Å². The quantitative estimate of drug-likeness (QED) is 0.770. The van der Waals surface area contributed by atoms with Crippen LogP contribution in [0.25, 0.3) is 0 Å². The molecule has 1 aliphatic rings. The van der Waals surface area contributed by atoms with Crippen molar-refractivity contribution in [3.8, 4) is 0 Å². The van der Waals surface area contributed by atoms with Crippen LogP contribution in [-0.2, 0) is 10.0 Å². The van der Waals surface area contributed by atoms with Gasteiger partial charge in [0.2, 0.25) is 10.0 Å². The average Bonchev–Trinajstić information content (AvgIpc) is 2.18. The van der Waals surface area contributed by atoms with Crippen LogP contribution in [0.5, 0.6) is 0 Å². The number of hydrogen-bond acceptors (Lipinski definition) is 4. The molecule has 0 amide bonds. The Hall–Kier alpha value is -0.890. The third kappa shape index (κ3) is 2.11. The second-order valence-corrected chi connectivity index (χ2v) is 6.10. The lowest BCUT2D eigenvalue weighted by molar-refractivity contribution is 0.0546. The van der Waals surface area contributed by atoms with Crippen LogP contribution in [0.2, 0.25) is 5.02 Å². The summed E-state index contributed by atoms with van der Waals surface area (Å²) in [6.07, 6.45) is -0.704. The van der Waals surface area contributed by atoms with E-state index in [-0.39, 0.29) is 23.8 Å². The second kappa shape index (κ2) is 4.09. The van der Waals surface area contributed by atoms with Crippen molar-refractivity contribution in [1.82, 2.24) is 4.31 Å². The van der Waals surface area contributed by atoms with Gasteiger partial charge in [0, 0.05) is 18.8 Å². The van der Waals surface area contributed by atoms with Gasteiger partial charge in [-0.25, -0.2) is 12.8 Å². The molecule has 1 saturated heterocycles. The number of halogens is 2. The van der Waals surface area contributed by atoms with Crippen LogP contribution in [0.1, 0.15) is 0 Å². The molecule has 0 unspecified atom stereocenters. The molecule has 0 radical (unpaired) electrons. The van der Waals surface area contributed by atoms with Crippen molar-refractivity contribution >= 4 is 27.3 Å². The van der Waals surface area contributed by atoms with E-state index in [4.69, 9.17) is 22.4 Å². The minimum Gasteiger partial charge on any atom is -0.399 e. The molecule has 1 aliphatic heterocycles. The monoisotopic (exact) mass is 280 g/mol. The van der Waals surface area contributed by atoms with Gasteiger partial charge in [0.25, 0.3) is 0 Å². The number of aliphatic hydroxyl groups excluding tert-OH is 1. The Morgan fingerprint density at radius 1 is 1.47 bits per heavy atom. The van der Waals surface area contributed by atoms with Gasteiger partial charge >= 0.3 is 0 Å². The largest absolute Gasteiger partial charge is 0.399 e. The highest BCUT2D eigenvalue weighted by molar-refractivity contribution is 7.89. The molecule has 5 nitrogen and oxygen atoms in total. The van der Waals surface area contributed by atoms with E-state index < -0.39 is 26.8 Å². The number of nitrogens with zero attached hydrogens (tertiary/aromatic N) is 1. The van der Waals surface area contributed by atoms with Crippen LogP contribution >= 0.6 is 11.6 Å². The SMILES string of the molecule is Nc1cc(Cl)c(F)c(S(=O)(=O)N2CC(O)C2)c1. The molecule has 8 heteroatoms. The van der Waals surface area contributed by atoms with Crippen LogP contribution < -0.4 is 5.73 Å². The number of anilines is 1. The Labute approximate surface area is 103 Å². The zero-order valence-electron chi connectivity index (χ0n) is 8.60. The number of nitrogens with two attached hydrogens (primary N) is 1. The van der Waals surface area contributed by atoms with E-state index in [1.54, 1.807) is 0 Å². The van der Waals surface area contributed by atoms with E-state index in [9.17, 15) is 12.8 Å². The van der Waals surface area contributed by atoms with Gasteiger partial charge in [0.1, 0.15) is 4.90 Å². The first kappa shape index (κ1) is 12.6. The molecule has 2 rings (SSSR count). The maximum atomic E-state index is 13.6. The minimum absolute atomic E-state index is 0.0474. The first-order chi connectivity index (χ1) is 7.82. The third-order valence-corrected chi connectivity index (χ3v) is 4.57. The minimum atomic E-state index is -3.98. The summed E-state index contributed by atoms with van der Waals surface area (Å²) in [5.74, 6) is -1.03. The Morgan fingerprint density at radius 2 is 2.06 bits per heavy atom. The highest BCUT2D eigenvalue weighted by Gasteiger charge is 2.37. The van der Waals surface area contributed by atoms with Crippen molar-refractivity contribution in [2.45, 2.75) is 11.0 Å². The first-order valence-corrected chi connectivity index (χ1v) is 6.57.